The molecule has 0 radical (unpaired) electrons. The van der Waals surface area contributed by atoms with Gasteiger partial charge in [0, 0.05) is 5.69 Å². The van der Waals surface area contributed by atoms with E-state index in [4.69, 9.17) is 4.74 Å². The van der Waals surface area contributed by atoms with Gasteiger partial charge >= 0.3 is 6.03 Å². The molecular weight excluding hydrogens is 418 g/mol. The van der Waals surface area contributed by atoms with E-state index in [1.165, 1.54) is 0 Å². The summed E-state index contributed by atoms with van der Waals surface area (Å²) in [6.07, 6.45) is 1.60. The van der Waals surface area contributed by atoms with Gasteiger partial charge in [-0.3, -0.25) is 9.59 Å². The van der Waals surface area contributed by atoms with Gasteiger partial charge in [0.15, 0.2) is 0 Å². The summed E-state index contributed by atoms with van der Waals surface area (Å²) in [7, 11) is 1.61. The number of urea groups is 1. The van der Waals surface area contributed by atoms with E-state index in [0.29, 0.717) is 5.69 Å². The van der Waals surface area contributed by atoms with Gasteiger partial charge < -0.3 is 15.4 Å². The van der Waals surface area contributed by atoms with Crippen LogP contribution in [0, 0.1) is 6.92 Å². The van der Waals surface area contributed by atoms with Crippen LogP contribution in [0.3, 0.4) is 0 Å². The van der Waals surface area contributed by atoms with Gasteiger partial charge in [-0.15, -0.1) is 0 Å². The van der Waals surface area contributed by atoms with E-state index in [0.717, 1.165) is 32.9 Å². The van der Waals surface area contributed by atoms with E-state index in [9.17, 15) is 14.4 Å². The fourth-order valence-corrected chi connectivity index (χ4v) is 3.56. The standard InChI is InChI=1S/C26H23N3O4/c1-17-6-3-10-21(12-17)27-24(30)16-29-25(31)23(28-26(29)32)14-18-7-4-8-19(13-18)20-9-5-11-22(15-20)33-2/h3-15H,16H2,1-2H3,(H,27,30)(H,28,32)/b23-14-. The quantitative estimate of drug-likeness (QED) is 0.443. The monoisotopic (exact) mass is 441 g/mol. The van der Waals surface area contributed by atoms with Crippen molar-refractivity contribution in [3.05, 3.63) is 89.6 Å². The Hall–Kier alpha value is -4.39. The number of amides is 4. The molecule has 1 aliphatic heterocycles. The van der Waals surface area contributed by atoms with E-state index in [-0.39, 0.29) is 12.2 Å². The Morgan fingerprint density at radius 3 is 2.48 bits per heavy atom. The third kappa shape index (κ3) is 5.10. The maximum atomic E-state index is 12.8. The molecule has 1 heterocycles. The average molecular weight is 441 g/mol. The Kier molecular flexibility index (Phi) is 6.22. The summed E-state index contributed by atoms with van der Waals surface area (Å²) < 4.78 is 5.28. The lowest BCUT2D eigenvalue weighted by molar-refractivity contribution is -0.127. The predicted molar refractivity (Wildman–Crippen MR) is 126 cm³/mol. The molecule has 1 aliphatic rings. The number of rotatable bonds is 6. The lowest BCUT2D eigenvalue weighted by Gasteiger charge is -2.12. The van der Waals surface area contributed by atoms with Crippen molar-refractivity contribution in [3.8, 4) is 16.9 Å². The van der Waals surface area contributed by atoms with Crippen molar-refractivity contribution in [2.45, 2.75) is 6.92 Å². The average Bonchev–Trinajstić information content (AvgIpc) is 3.06. The normalized spacial score (nSPS) is 14.4. The van der Waals surface area contributed by atoms with E-state index >= 15 is 0 Å². The Bertz CT molecular complexity index is 1270. The molecule has 4 amide bonds. The molecule has 0 aliphatic carbocycles. The Balaban J connectivity index is 1.49. The Morgan fingerprint density at radius 1 is 1.00 bits per heavy atom. The molecule has 0 saturated carbocycles. The second kappa shape index (κ2) is 9.40. The summed E-state index contributed by atoms with van der Waals surface area (Å²) in [5, 5.41) is 5.26. The van der Waals surface area contributed by atoms with Crippen LogP contribution >= 0.6 is 0 Å². The van der Waals surface area contributed by atoms with Crippen LogP contribution in [0.5, 0.6) is 5.75 Å². The molecule has 0 aromatic heterocycles. The molecular formula is C26H23N3O4. The van der Waals surface area contributed by atoms with Crippen molar-refractivity contribution in [1.82, 2.24) is 10.2 Å². The first kappa shape index (κ1) is 21.8. The van der Waals surface area contributed by atoms with E-state index in [1.807, 2.05) is 73.7 Å². The fourth-order valence-electron chi connectivity index (χ4n) is 3.56. The molecule has 7 heteroatoms. The molecule has 2 N–H and O–H groups in total. The van der Waals surface area contributed by atoms with Crippen LogP contribution in [0.1, 0.15) is 11.1 Å². The minimum atomic E-state index is -0.630. The van der Waals surface area contributed by atoms with Gasteiger partial charge in [-0.1, -0.05) is 42.5 Å². The Morgan fingerprint density at radius 2 is 1.73 bits per heavy atom. The summed E-state index contributed by atoms with van der Waals surface area (Å²) in [5.74, 6) is -0.259. The third-order valence-corrected chi connectivity index (χ3v) is 5.17. The van der Waals surface area contributed by atoms with Crippen LogP contribution in [0.15, 0.2) is 78.5 Å². The lowest BCUT2D eigenvalue weighted by Crippen LogP contribution is -2.38. The zero-order chi connectivity index (χ0) is 23.4. The van der Waals surface area contributed by atoms with E-state index in [1.54, 1.807) is 19.3 Å². The first-order chi connectivity index (χ1) is 15.9. The highest BCUT2D eigenvalue weighted by molar-refractivity contribution is 6.16. The largest absolute Gasteiger partial charge is 0.497 e. The number of carbonyl (C=O) groups excluding carboxylic acids is 3. The fraction of sp³-hybridized carbons (Fsp3) is 0.115. The number of nitrogens with zero attached hydrogens (tertiary/aromatic N) is 1. The van der Waals surface area contributed by atoms with Gasteiger partial charge in [-0.25, -0.2) is 9.69 Å². The summed E-state index contributed by atoms with van der Waals surface area (Å²) >= 11 is 0. The first-order valence-electron chi connectivity index (χ1n) is 10.4. The lowest BCUT2D eigenvalue weighted by atomic mass is 10.0. The topological polar surface area (TPSA) is 87.7 Å². The maximum Gasteiger partial charge on any atom is 0.329 e. The third-order valence-electron chi connectivity index (χ3n) is 5.17. The number of ether oxygens (including phenoxy) is 1. The number of benzene rings is 3. The molecule has 4 rings (SSSR count). The molecule has 3 aromatic carbocycles. The van der Waals surface area contributed by atoms with Crippen LogP contribution in [0.25, 0.3) is 17.2 Å². The highest BCUT2D eigenvalue weighted by Crippen LogP contribution is 2.25. The summed E-state index contributed by atoms with van der Waals surface area (Å²) in [6, 6.07) is 21.9. The SMILES string of the molecule is COc1cccc(-c2cccc(/C=C3\NC(=O)N(CC(=O)Nc4cccc(C)c4)C3=O)c2)c1. The number of nitrogens with one attached hydrogen (secondary N) is 2. The number of carbonyl (C=O) groups is 3. The van der Waals surface area contributed by atoms with Gasteiger partial charge in [0.2, 0.25) is 5.91 Å². The number of hydrogen-bond donors (Lipinski definition) is 2. The number of hydrogen-bond acceptors (Lipinski definition) is 4. The predicted octanol–water partition coefficient (Wildman–Crippen LogP) is 4.20. The molecule has 166 valence electrons. The smallest absolute Gasteiger partial charge is 0.329 e. The minimum Gasteiger partial charge on any atom is -0.497 e. The van der Waals surface area contributed by atoms with Gasteiger partial charge in [0.05, 0.1) is 7.11 Å². The van der Waals surface area contributed by atoms with Crippen LogP contribution in [0.2, 0.25) is 0 Å². The molecule has 0 spiro atoms. The van der Waals surface area contributed by atoms with Gasteiger partial charge in [-0.2, -0.15) is 0 Å². The Labute approximate surface area is 191 Å². The number of anilines is 1. The van der Waals surface area contributed by atoms with Gasteiger partial charge in [-0.05, 0) is 65.6 Å². The van der Waals surface area contributed by atoms with Crippen LogP contribution in [0.4, 0.5) is 10.5 Å². The highest BCUT2D eigenvalue weighted by atomic mass is 16.5. The second-order valence-electron chi connectivity index (χ2n) is 7.65. The van der Waals surface area contributed by atoms with Crippen LogP contribution in [-0.4, -0.2) is 36.4 Å². The van der Waals surface area contributed by atoms with Crippen molar-refractivity contribution >= 4 is 29.6 Å². The summed E-state index contributed by atoms with van der Waals surface area (Å²) in [4.78, 5) is 38.4. The summed E-state index contributed by atoms with van der Waals surface area (Å²) in [6.45, 7) is 1.53. The zero-order valence-electron chi connectivity index (χ0n) is 18.3. The van der Waals surface area contributed by atoms with Crippen LogP contribution < -0.4 is 15.4 Å². The molecule has 0 unspecified atom stereocenters. The molecule has 0 bridgehead atoms. The van der Waals surface area contributed by atoms with Crippen LogP contribution in [-0.2, 0) is 9.59 Å². The number of methoxy groups -OCH3 is 1. The van der Waals surface area contributed by atoms with Crippen molar-refractivity contribution in [2.24, 2.45) is 0 Å². The molecule has 0 atom stereocenters. The molecule has 33 heavy (non-hydrogen) atoms. The van der Waals surface area contributed by atoms with Crippen molar-refractivity contribution in [3.63, 3.8) is 0 Å². The van der Waals surface area contributed by atoms with E-state index in [2.05, 4.69) is 10.6 Å². The van der Waals surface area contributed by atoms with E-state index < -0.39 is 17.8 Å². The van der Waals surface area contributed by atoms with Crippen molar-refractivity contribution in [2.75, 3.05) is 19.0 Å². The minimum absolute atomic E-state index is 0.117. The van der Waals surface area contributed by atoms with Crippen molar-refractivity contribution in [1.29, 1.82) is 0 Å². The first-order valence-corrected chi connectivity index (χ1v) is 10.4. The summed E-state index contributed by atoms with van der Waals surface area (Å²) in [5.41, 5.74) is 4.36. The molecule has 7 nitrogen and oxygen atoms in total. The van der Waals surface area contributed by atoms with Gasteiger partial charge in [0.1, 0.15) is 18.0 Å². The van der Waals surface area contributed by atoms with Crippen molar-refractivity contribution < 1.29 is 19.1 Å². The molecule has 1 saturated heterocycles. The molecule has 3 aromatic rings. The highest BCUT2D eigenvalue weighted by Gasteiger charge is 2.34. The zero-order valence-corrected chi connectivity index (χ0v) is 18.3. The second-order valence-corrected chi connectivity index (χ2v) is 7.65. The maximum absolute atomic E-state index is 12.8. The van der Waals surface area contributed by atoms with Gasteiger partial charge in [0.25, 0.3) is 5.91 Å². The number of imide groups is 1. The molecule has 1 fully saturated rings. The number of aryl methyl sites for hydroxylation is 1.